The lowest BCUT2D eigenvalue weighted by atomic mass is 9.98. The first kappa shape index (κ1) is 19.9. The van der Waals surface area contributed by atoms with Crippen molar-refractivity contribution in [3.63, 3.8) is 0 Å². The minimum atomic E-state index is -0.989. The summed E-state index contributed by atoms with van der Waals surface area (Å²) in [7, 11) is 0. The first-order valence-corrected chi connectivity index (χ1v) is 10.0. The lowest BCUT2D eigenvalue weighted by molar-refractivity contribution is -0.384. The molecule has 1 aromatic heterocycles. The predicted molar refractivity (Wildman–Crippen MR) is 115 cm³/mol. The highest BCUT2D eigenvalue weighted by molar-refractivity contribution is 7.99. The molecule has 10 heteroatoms. The number of hydrogen-bond acceptors (Lipinski definition) is 6. The average Bonchev–Trinajstić information content (AvgIpc) is 3.21. The Labute approximate surface area is 179 Å². The third-order valence-electron chi connectivity index (χ3n) is 4.34. The number of carboxylic acids is 1. The minimum absolute atomic E-state index is 0.108. The fourth-order valence-corrected chi connectivity index (χ4v) is 3.83. The first-order chi connectivity index (χ1) is 14.4. The number of aromatic amines is 1. The van der Waals surface area contributed by atoms with Gasteiger partial charge in [0.2, 0.25) is 5.16 Å². The van der Waals surface area contributed by atoms with Gasteiger partial charge in [-0.3, -0.25) is 20.0 Å². The van der Waals surface area contributed by atoms with Gasteiger partial charge in [0.15, 0.2) is 5.82 Å². The molecule has 8 nitrogen and oxygen atoms in total. The van der Waals surface area contributed by atoms with Gasteiger partial charge in [-0.2, -0.15) is 0 Å². The van der Waals surface area contributed by atoms with Crippen molar-refractivity contribution >= 4 is 45.8 Å². The molecule has 0 saturated heterocycles. The van der Waals surface area contributed by atoms with Crippen molar-refractivity contribution in [2.45, 2.75) is 5.16 Å². The zero-order valence-electron chi connectivity index (χ0n) is 15.2. The summed E-state index contributed by atoms with van der Waals surface area (Å²) in [6.45, 7) is 0. The average molecular weight is 441 g/mol. The fourth-order valence-electron chi connectivity index (χ4n) is 3.02. The Bertz CT molecular complexity index is 1290. The lowest BCUT2D eigenvalue weighted by Crippen LogP contribution is -1.97. The van der Waals surface area contributed by atoms with E-state index in [0.29, 0.717) is 22.0 Å². The van der Waals surface area contributed by atoms with E-state index in [1.165, 1.54) is 12.1 Å². The summed E-state index contributed by atoms with van der Waals surface area (Å²) in [4.78, 5) is 26.0. The Hall–Kier alpha value is -3.43. The van der Waals surface area contributed by atoms with Crippen molar-refractivity contribution in [2.24, 2.45) is 0 Å². The third kappa shape index (κ3) is 4.12. The molecule has 0 bridgehead atoms. The van der Waals surface area contributed by atoms with Gasteiger partial charge in [-0.15, -0.1) is 5.10 Å². The highest BCUT2D eigenvalue weighted by Crippen LogP contribution is 2.35. The molecule has 1 heterocycles. The molecular weight excluding hydrogens is 428 g/mol. The number of carboxylic acid groups (broad SMARTS) is 1. The van der Waals surface area contributed by atoms with E-state index in [4.69, 9.17) is 16.7 Å². The normalized spacial score (nSPS) is 11.0. The van der Waals surface area contributed by atoms with Crippen molar-refractivity contribution < 1.29 is 14.8 Å². The second kappa shape index (κ2) is 8.13. The Morgan fingerprint density at radius 3 is 2.63 bits per heavy atom. The van der Waals surface area contributed by atoms with Crippen molar-refractivity contribution in [1.29, 1.82) is 0 Å². The monoisotopic (exact) mass is 440 g/mol. The molecule has 0 amide bonds. The van der Waals surface area contributed by atoms with E-state index in [2.05, 4.69) is 15.2 Å². The van der Waals surface area contributed by atoms with Gasteiger partial charge >= 0.3 is 5.97 Å². The van der Waals surface area contributed by atoms with E-state index in [0.717, 1.165) is 28.1 Å². The number of nitro benzene ring substituents is 1. The molecule has 0 aliphatic rings. The zero-order chi connectivity index (χ0) is 21.3. The second-order valence-corrected chi connectivity index (χ2v) is 7.70. The number of nitrogens with zero attached hydrogens (tertiary/aromatic N) is 3. The molecule has 4 aromatic rings. The summed E-state index contributed by atoms with van der Waals surface area (Å²) in [5.41, 5.74) is 1.67. The van der Waals surface area contributed by atoms with Crippen LogP contribution in [0, 0.1) is 10.1 Å². The molecule has 150 valence electrons. The Kier molecular flexibility index (Phi) is 5.39. The number of benzene rings is 3. The van der Waals surface area contributed by atoms with Crippen LogP contribution in [0.15, 0.2) is 59.8 Å². The van der Waals surface area contributed by atoms with Crippen LogP contribution >= 0.6 is 23.4 Å². The summed E-state index contributed by atoms with van der Waals surface area (Å²) < 4.78 is 0. The van der Waals surface area contributed by atoms with Crippen molar-refractivity contribution in [3.05, 3.63) is 69.7 Å². The van der Waals surface area contributed by atoms with E-state index in [9.17, 15) is 14.9 Å². The number of H-pyrrole nitrogens is 1. The number of aromatic nitrogens is 3. The van der Waals surface area contributed by atoms with Crippen molar-refractivity contribution in [2.75, 3.05) is 5.75 Å². The van der Waals surface area contributed by atoms with E-state index < -0.39 is 10.9 Å². The van der Waals surface area contributed by atoms with Crippen LogP contribution in [-0.2, 0) is 4.79 Å². The maximum Gasteiger partial charge on any atom is 0.313 e. The lowest BCUT2D eigenvalue weighted by Gasteiger charge is -2.08. The van der Waals surface area contributed by atoms with Crippen LogP contribution in [0.25, 0.3) is 33.3 Å². The minimum Gasteiger partial charge on any atom is -0.481 e. The molecule has 3 aromatic carbocycles. The Morgan fingerprint density at radius 1 is 1.13 bits per heavy atom. The Balaban J connectivity index is 1.79. The van der Waals surface area contributed by atoms with E-state index >= 15 is 0 Å². The summed E-state index contributed by atoms with van der Waals surface area (Å²) in [6, 6.07) is 15.9. The topological polar surface area (TPSA) is 122 Å². The molecule has 0 unspecified atom stereocenters. The zero-order valence-corrected chi connectivity index (χ0v) is 16.8. The third-order valence-corrected chi connectivity index (χ3v) is 5.48. The molecule has 0 aliphatic carbocycles. The van der Waals surface area contributed by atoms with Gasteiger partial charge in [-0.25, -0.2) is 4.98 Å². The number of hydrogen-bond donors (Lipinski definition) is 2. The van der Waals surface area contributed by atoms with Crippen LogP contribution in [0.3, 0.4) is 0 Å². The van der Waals surface area contributed by atoms with Gasteiger partial charge in [0.05, 0.1) is 10.7 Å². The van der Waals surface area contributed by atoms with Crippen LogP contribution in [-0.4, -0.2) is 36.9 Å². The number of carbonyl (C=O) groups is 1. The van der Waals surface area contributed by atoms with Gasteiger partial charge in [-0.05, 0) is 34.7 Å². The number of halogens is 1. The van der Waals surface area contributed by atoms with Gasteiger partial charge < -0.3 is 5.11 Å². The smallest absolute Gasteiger partial charge is 0.313 e. The number of nitro groups is 1. The summed E-state index contributed by atoms with van der Waals surface area (Å²) >= 11 is 7.38. The highest BCUT2D eigenvalue weighted by atomic mass is 35.5. The fraction of sp³-hybridized carbons (Fsp3) is 0.0500. The van der Waals surface area contributed by atoms with E-state index in [-0.39, 0.29) is 16.6 Å². The molecule has 0 aliphatic heterocycles. The number of rotatable bonds is 6. The highest BCUT2D eigenvalue weighted by Gasteiger charge is 2.16. The second-order valence-electron chi connectivity index (χ2n) is 6.35. The predicted octanol–water partition coefficient (Wildman–Crippen LogP) is 5.03. The summed E-state index contributed by atoms with van der Waals surface area (Å²) in [6.07, 6.45) is 0. The van der Waals surface area contributed by atoms with Gasteiger partial charge in [-0.1, -0.05) is 47.6 Å². The molecule has 30 heavy (non-hydrogen) atoms. The SMILES string of the molecule is O=C(O)CSc1n[nH]c(-c2cc(-c3cc(Cl)c4ccccc4c3)cc([N+](=O)[O-])c2)n1. The maximum absolute atomic E-state index is 11.5. The van der Waals surface area contributed by atoms with Crippen LogP contribution in [0.1, 0.15) is 0 Å². The number of thioether (sulfide) groups is 1. The van der Waals surface area contributed by atoms with Crippen molar-refractivity contribution in [3.8, 4) is 22.5 Å². The number of fused-ring (bicyclic) bond motifs is 1. The maximum atomic E-state index is 11.5. The molecule has 2 N–H and O–H groups in total. The van der Waals surface area contributed by atoms with Crippen LogP contribution in [0.5, 0.6) is 0 Å². The first-order valence-electron chi connectivity index (χ1n) is 8.66. The summed E-state index contributed by atoms with van der Waals surface area (Å²) in [5, 5.41) is 29.6. The van der Waals surface area contributed by atoms with Crippen molar-refractivity contribution in [1.82, 2.24) is 15.2 Å². The number of non-ortho nitro benzene ring substituents is 1. The Morgan fingerprint density at radius 2 is 1.87 bits per heavy atom. The van der Waals surface area contributed by atoms with Crippen LogP contribution < -0.4 is 0 Å². The number of nitrogens with one attached hydrogen (secondary N) is 1. The molecular formula is C20H13ClN4O4S. The van der Waals surface area contributed by atoms with Gasteiger partial charge in [0.25, 0.3) is 5.69 Å². The molecule has 0 saturated carbocycles. The largest absolute Gasteiger partial charge is 0.481 e. The van der Waals surface area contributed by atoms with E-state index in [1.54, 1.807) is 12.1 Å². The van der Waals surface area contributed by atoms with E-state index in [1.807, 2.05) is 30.3 Å². The van der Waals surface area contributed by atoms with Gasteiger partial charge in [0, 0.05) is 28.1 Å². The molecule has 0 fully saturated rings. The standard InChI is InChI=1S/C20H13ClN4O4S/c21-17-9-13(5-11-3-1-2-4-16(11)17)12-6-14(8-15(7-12)25(28)29)19-22-20(24-23-19)30-10-18(26)27/h1-9H,10H2,(H,26,27)(H,22,23,24). The summed E-state index contributed by atoms with van der Waals surface area (Å²) in [5.74, 6) is -0.871. The van der Waals surface area contributed by atoms with Crippen LogP contribution in [0.4, 0.5) is 5.69 Å². The molecule has 4 rings (SSSR count). The quantitative estimate of drug-likeness (QED) is 0.245. The molecule has 0 radical (unpaired) electrons. The van der Waals surface area contributed by atoms with Crippen LogP contribution in [0.2, 0.25) is 5.02 Å². The number of aliphatic carboxylic acids is 1. The molecule has 0 atom stereocenters. The van der Waals surface area contributed by atoms with Gasteiger partial charge in [0.1, 0.15) is 0 Å². The molecule has 0 spiro atoms.